The molecule has 0 aromatic carbocycles. The van der Waals surface area contributed by atoms with Crippen LogP contribution < -0.4 is 0 Å². The summed E-state index contributed by atoms with van der Waals surface area (Å²) in [7, 11) is -10.3. The van der Waals surface area contributed by atoms with Crippen LogP contribution in [0.2, 0.25) is 0 Å². The Bertz CT molecular complexity index is 218. The molecule has 0 aliphatic rings. The van der Waals surface area contributed by atoms with Gasteiger partial charge in [-0.05, 0) is 0 Å². The van der Waals surface area contributed by atoms with Crippen molar-refractivity contribution in [1.82, 2.24) is 0 Å². The van der Waals surface area contributed by atoms with Gasteiger partial charge in [0, 0.05) is 67.9 Å². The Morgan fingerprint density at radius 1 is 0.417 bits per heavy atom. The van der Waals surface area contributed by atoms with Crippen LogP contribution in [-0.2, 0) is 53.7 Å². The Balaban J connectivity index is -0.00000000241. The van der Waals surface area contributed by atoms with Gasteiger partial charge >= 0.3 is 0 Å². The van der Waals surface area contributed by atoms with Crippen molar-refractivity contribution in [2.24, 2.45) is 0 Å². The van der Waals surface area contributed by atoms with Crippen molar-refractivity contribution >= 4 is 67.9 Å². The summed E-state index contributed by atoms with van der Waals surface area (Å²) in [5.74, 6) is 0. The second-order valence-electron chi connectivity index (χ2n) is 0.816. The van der Waals surface area contributed by atoms with Crippen molar-refractivity contribution in [3.8, 4) is 0 Å². The molecule has 0 aliphatic carbocycles. The molecule has 0 aliphatic heterocycles. The topological polar surface area (TPSA) is 548 Å². The van der Waals surface area contributed by atoms with Gasteiger partial charge in [0.2, 0.25) is 0 Å². The standard InChI is InChI=1S/Ga.2H2O4S.12H2O.Tl/c;2*1-5(2,3)4;;;;;;;;;;;;;/h;2*(H2,1,2,3,4);12*1H2;/p+2. The van der Waals surface area contributed by atoms with Crippen LogP contribution in [0.3, 0.4) is 0 Å². The van der Waals surface area contributed by atoms with Gasteiger partial charge in [-0.25, -0.2) is 0 Å². The first-order valence-corrected chi connectivity index (χ1v) is 4.00. The molecular formula is H30GaO20S2Tl+2. The van der Waals surface area contributed by atoms with E-state index in [1.807, 2.05) is 0 Å². The van der Waals surface area contributed by atoms with E-state index in [1.54, 1.807) is 0 Å². The fourth-order valence-electron chi connectivity index (χ4n) is 0. The first-order chi connectivity index (χ1) is 4.00. The van der Waals surface area contributed by atoms with E-state index < -0.39 is 20.8 Å². The van der Waals surface area contributed by atoms with Crippen LogP contribution in [0.25, 0.3) is 0 Å². The quantitative estimate of drug-likeness (QED) is 0.101. The van der Waals surface area contributed by atoms with Crippen molar-refractivity contribution in [1.29, 1.82) is 0 Å². The summed E-state index contributed by atoms with van der Waals surface area (Å²) in [5, 5.41) is 0. The fraction of sp³-hybridized carbons (Fsp3) is 0. The van der Waals surface area contributed by atoms with Crippen LogP contribution in [0, 0.1) is 0 Å². The Labute approximate surface area is 168 Å². The molecular weight excluding hydrogens is 658 g/mol. The molecule has 24 heavy (non-hydrogen) atoms. The van der Waals surface area contributed by atoms with Crippen LogP contribution in [0.1, 0.15) is 0 Å². The molecule has 0 spiro atoms. The molecule has 0 aromatic rings. The molecule has 4 radical (unpaired) electrons. The second kappa shape index (κ2) is 75.5. The predicted octanol–water partition coefficient (Wildman–Crippen LogP) is -13.9. The molecule has 24 heteroatoms. The Morgan fingerprint density at radius 2 is 0.417 bits per heavy atom. The molecule has 166 valence electrons. The van der Waals surface area contributed by atoms with Gasteiger partial charge in [-0.15, -0.1) is 0 Å². The third-order valence-electron chi connectivity index (χ3n) is 0. The summed E-state index contributed by atoms with van der Waals surface area (Å²) in [6, 6.07) is 0. The summed E-state index contributed by atoms with van der Waals surface area (Å²) in [6.45, 7) is 0. The molecule has 0 saturated carbocycles. The van der Waals surface area contributed by atoms with Crippen LogP contribution in [0.15, 0.2) is 0 Å². The van der Waals surface area contributed by atoms with Crippen LogP contribution in [0.5, 0.6) is 0 Å². The Kier molecular flexibility index (Phi) is 569. The van der Waals surface area contributed by atoms with Crippen molar-refractivity contribution < 1.29 is 101 Å². The summed E-state index contributed by atoms with van der Waals surface area (Å²) in [4.78, 5) is 0. The van der Waals surface area contributed by atoms with E-state index in [0.717, 1.165) is 0 Å². The molecule has 20 nitrogen and oxygen atoms in total. The zero-order chi connectivity index (χ0) is 9.00. The summed E-state index contributed by atoms with van der Waals surface area (Å²) in [5.41, 5.74) is 0. The van der Waals surface area contributed by atoms with Gasteiger partial charge in [-0.1, -0.05) is 0 Å². The zero-order valence-electron chi connectivity index (χ0n) is 11.7. The first kappa shape index (κ1) is 181. The van der Waals surface area contributed by atoms with Crippen molar-refractivity contribution in [2.75, 3.05) is 0 Å². The monoisotopic (exact) mass is 688 g/mol. The average molecular weight is 688 g/mol. The zero-order valence-corrected chi connectivity index (χ0v) is 20.2. The minimum atomic E-state index is -5.17. The molecule has 0 saturated heterocycles. The fourth-order valence-corrected chi connectivity index (χ4v) is 0. The van der Waals surface area contributed by atoms with Gasteiger partial charge in [0.25, 0.3) is 0 Å². The summed E-state index contributed by atoms with van der Waals surface area (Å²) < 4.78 is 68.2. The van der Waals surface area contributed by atoms with E-state index in [4.69, 9.17) is 35.0 Å². The van der Waals surface area contributed by atoms with E-state index in [2.05, 4.69) is 0 Å². The van der Waals surface area contributed by atoms with Gasteiger partial charge in [0.15, 0.2) is 0 Å². The van der Waals surface area contributed by atoms with E-state index in [9.17, 15) is 0 Å². The molecule has 0 bridgehead atoms. The van der Waals surface area contributed by atoms with E-state index in [0.29, 0.717) is 0 Å². The molecule has 0 unspecified atom stereocenters. The average Bonchev–Trinajstić information content (AvgIpc) is 1.12. The number of hydrogen-bond donors (Lipinski definition) is 0. The smallest absolute Gasteiger partial charge is 0.0311 e. The maximum atomic E-state index is 8.52. The maximum Gasteiger partial charge on any atom is 0.0311 e. The van der Waals surface area contributed by atoms with Crippen LogP contribution in [-0.4, -0.2) is 115 Å². The summed E-state index contributed by atoms with van der Waals surface area (Å²) >= 11 is 0. The number of hydrogen-bond acceptors (Lipinski definition) is 8. The largest absolute Gasteiger partial charge is 0.759 e. The van der Waals surface area contributed by atoms with Crippen LogP contribution in [0.4, 0.5) is 0 Å². The second-order valence-corrected chi connectivity index (χ2v) is 2.45. The molecule has 0 atom stereocenters. The molecule has 0 rings (SSSR count). The third-order valence-corrected chi connectivity index (χ3v) is 0. The molecule has 0 fully saturated rings. The Morgan fingerprint density at radius 3 is 0.417 bits per heavy atom. The van der Waals surface area contributed by atoms with E-state index in [-0.39, 0.29) is 113 Å². The molecule has 0 amide bonds. The third kappa shape index (κ3) is 16200. The van der Waals surface area contributed by atoms with E-state index >= 15 is 0 Å². The molecule has 0 heterocycles. The van der Waals surface area contributed by atoms with Crippen LogP contribution >= 0.6 is 0 Å². The predicted molar refractivity (Wildman–Crippen MR) is 83.4 cm³/mol. The van der Waals surface area contributed by atoms with Crippen molar-refractivity contribution in [2.45, 2.75) is 0 Å². The Hall–Kier alpha value is 0.818. The SMILES string of the molecule is O.O.O.O.O.O.O=S(=O)([O-])[O-].O=S(=O)([O-])[O-].[Ga].[OH3+].[OH3+].[OH3+].[OH3+].[OH3+].[OH3+].[Tl]. The minimum absolute atomic E-state index is 0. The van der Waals surface area contributed by atoms with Gasteiger partial charge < -0.3 is 83.9 Å². The number of rotatable bonds is 0. The normalized spacial score (nSPS) is 4.83. The summed E-state index contributed by atoms with van der Waals surface area (Å²) in [6.07, 6.45) is 0. The molecule has 30 N–H and O–H groups in total. The van der Waals surface area contributed by atoms with Gasteiger partial charge in [-0.2, -0.15) is 0 Å². The van der Waals surface area contributed by atoms with Crippen molar-refractivity contribution in [3.63, 3.8) is 0 Å². The minimum Gasteiger partial charge on any atom is -0.759 e. The van der Waals surface area contributed by atoms with E-state index in [1.165, 1.54) is 0 Å². The van der Waals surface area contributed by atoms with Gasteiger partial charge in [0.1, 0.15) is 0 Å². The van der Waals surface area contributed by atoms with Gasteiger partial charge in [-0.3, -0.25) is 16.8 Å². The van der Waals surface area contributed by atoms with Gasteiger partial charge in [0.05, 0.1) is 0 Å². The first-order valence-electron chi connectivity index (χ1n) is 1.33. The van der Waals surface area contributed by atoms with Crippen molar-refractivity contribution in [3.05, 3.63) is 0 Å². The molecule has 0 aromatic heterocycles. The maximum absolute atomic E-state index is 8.52.